The maximum Gasteiger partial charge on any atom is 0.222 e. The molecule has 1 N–H and O–H groups in total. The number of carbonyl (C=O) groups is 1. The van der Waals surface area contributed by atoms with Crippen LogP contribution < -0.4 is 9.64 Å². The molecule has 3 saturated heterocycles. The lowest BCUT2D eigenvalue weighted by atomic mass is 9.73. The molecule has 0 aliphatic carbocycles. The second-order valence-corrected chi connectivity index (χ2v) is 8.28. The van der Waals surface area contributed by atoms with Crippen LogP contribution in [0.1, 0.15) is 40.0 Å². The minimum absolute atomic E-state index is 0.0777. The molecule has 4 rings (SSSR count). The summed E-state index contributed by atoms with van der Waals surface area (Å²) < 4.78 is 5.69. The summed E-state index contributed by atoms with van der Waals surface area (Å²) in [6.45, 7) is 9.95. The van der Waals surface area contributed by atoms with Gasteiger partial charge in [-0.2, -0.15) is 0 Å². The number of rotatable bonds is 6. The van der Waals surface area contributed by atoms with Crippen molar-refractivity contribution in [1.29, 1.82) is 0 Å². The van der Waals surface area contributed by atoms with E-state index in [9.17, 15) is 4.79 Å². The molecule has 1 aromatic rings. The Morgan fingerprint density at radius 3 is 2.85 bits per heavy atom. The van der Waals surface area contributed by atoms with Crippen molar-refractivity contribution in [2.75, 3.05) is 37.7 Å². The first-order chi connectivity index (χ1) is 12.4. The average Bonchev–Trinajstić information content (AvgIpc) is 2.87. The van der Waals surface area contributed by atoms with Gasteiger partial charge in [0.25, 0.3) is 0 Å². The Hall–Kier alpha value is -1.75. The van der Waals surface area contributed by atoms with E-state index >= 15 is 0 Å². The first-order valence-corrected chi connectivity index (χ1v) is 9.82. The van der Waals surface area contributed by atoms with Crippen LogP contribution in [0.25, 0.3) is 0 Å². The molecule has 3 aliphatic rings. The van der Waals surface area contributed by atoms with Crippen molar-refractivity contribution in [3.63, 3.8) is 0 Å². The fourth-order valence-electron chi connectivity index (χ4n) is 4.63. The Kier molecular flexibility index (Phi) is 5.76. The maximum atomic E-state index is 12.6. The fourth-order valence-corrected chi connectivity index (χ4v) is 4.63. The lowest BCUT2D eigenvalue weighted by Crippen LogP contribution is -2.54. The number of ether oxygens (including phenoxy) is 1. The topological polar surface area (TPSA) is 53.0 Å². The normalized spacial score (nSPS) is 24.5. The van der Waals surface area contributed by atoms with Crippen LogP contribution in [0.15, 0.2) is 24.3 Å². The molecule has 0 saturated carbocycles. The Balaban J connectivity index is 1.85. The summed E-state index contributed by atoms with van der Waals surface area (Å²) in [6, 6.07) is 8.61. The summed E-state index contributed by atoms with van der Waals surface area (Å²) >= 11 is 0. The smallest absolute Gasteiger partial charge is 0.222 e. The van der Waals surface area contributed by atoms with Gasteiger partial charge < -0.3 is 19.6 Å². The Morgan fingerprint density at radius 1 is 1.31 bits per heavy atom. The highest BCUT2D eigenvalue weighted by Gasteiger charge is 2.46. The number of anilines is 1. The number of aliphatic hydroxyl groups is 1. The van der Waals surface area contributed by atoms with Gasteiger partial charge in [0.2, 0.25) is 5.91 Å². The average molecular weight is 360 g/mol. The molecular formula is C21H32N2O3. The van der Waals surface area contributed by atoms with Gasteiger partial charge in [0.15, 0.2) is 0 Å². The fraction of sp³-hybridized carbons (Fsp3) is 0.667. The molecule has 5 nitrogen and oxygen atoms in total. The van der Waals surface area contributed by atoms with E-state index in [1.54, 1.807) is 0 Å². The molecule has 5 heteroatoms. The SMILES string of the molecule is CCOc1cccc(N2CC3CN(C(=O)CCCO)C[C@@H]2C(C)(C)C3)c1. The summed E-state index contributed by atoms with van der Waals surface area (Å²) in [5, 5.41) is 9.04. The summed E-state index contributed by atoms with van der Waals surface area (Å²) in [7, 11) is 0. The van der Waals surface area contributed by atoms with E-state index in [0.29, 0.717) is 25.4 Å². The van der Waals surface area contributed by atoms with E-state index in [4.69, 9.17) is 9.84 Å². The zero-order chi connectivity index (χ0) is 18.7. The van der Waals surface area contributed by atoms with Crippen molar-refractivity contribution in [2.24, 2.45) is 11.3 Å². The Bertz CT molecular complexity index is 631. The molecule has 1 amide bonds. The first-order valence-electron chi connectivity index (χ1n) is 9.82. The van der Waals surface area contributed by atoms with Gasteiger partial charge in [-0.15, -0.1) is 0 Å². The highest BCUT2D eigenvalue weighted by molar-refractivity contribution is 5.76. The van der Waals surface area contributed by atoms with Crippen LogP contribution in [0, 0.1) is 11.3 Å². The van der Waals surface area contributed by atoms with E-state index in [1.807, 2.05) is 17.9 Å². The Labute approximate surface area is 156 Å². The molecule has 3 aliphatic heterocycles. The van der Waals surface area contributed by atoms with Gasteiger partial charge in [0.05, 0.1) is 12.6 Å². The first kappa shape index (κ1) is 19.0. The molecule has 0 aromatic heterocycles. The van der Waals surface area contributed by atoms with Gasteiger partial charge in [-0.1, -0.05) is 19.9 Å². The van der Waals surface area contributed by atoms with Crippen molar-refractivity contribution in [3.8, 4) is 5.75 Å². The van der Waals surface area contributed by atoms with E-state index in [2.05, 4.69) is 36.9 Å². The molecule has 1 aromatic carbocycles. The van der Waals surface area contributed by atoms with Crippen LogP contribution in [0.2, 0.25) is 0 Å². The van der Waals surface area contributed by atoms with E-state index < -0.39 is 0 Å². The van der Waals surface area contributed by atoms with Crippen molar-refractivity contribution in [1.82, 2.24) is 4.90 Å². The lowest BCUT2D eigenvalue weighted by molar-refractivity contribution is -0.131. The molecule has 3 fully saturated rings. The molecule has 144 valence electrons. The third-order valence-corrected chi connectivity index (χ3v) is 5.78. The number of hydrogen-bond donors (Lipinski definition) is 1. The van der Waals surface area contributed by atoms with Crippen LogP contribution in [-0.4, -0.2) is 54.8 Å². The lowest BCUT2D eigenvalue weighted by Gasteiger charge is -2.48. The quantitative estimate of drug-likeness (QED) is 0.847. The predicted molar refractivity (Wildman–Crippen MR) is 104 cm³/mol. The standard InChI is InChI=1S/C21H32N2O3/c1-4-26-18-8-5-7-17(11-18)23-14-16-12-21(2,3)19(23)15-22(13-16)20(25)9-6-10-24/h5,7-8,11,16,19,24H,4,6,9-10,12-15H2,1-3H3/t16?,19-/m1/s1. The number of nitrogens with zero attached hydrogens (tertiary/aromatic N) is 2. The second-order valence-electron chi connectivity index (χ2n) is 8.28. The number of hydrogen-bond acceptors (Lipinski definition) is 4. The number of benzene rings is 1. The summed E-state index contributed by atoms with van der Waals surface area (Å²) in [5.74, 6) is 1.55. The van der Waals surface area contributed by atoms with E-state index in [1.165, 1.54) is 5.69 Å². The molecular weight excluding hydrogens is 328 g/mol. The number of carbonyl (C=O) groups excluding carboxylic acids is 1. The molecule has 0 radical (unpaired) electrons. The van der Waals surface area contributed by atoms with Crippen LogP contribution >= 0.6 is 0 Å². The number of aliphatic hydroxyl groups excluding tert-OH is 1. The van der Waals surface area contributed by atoms with Crippen LogP contribution in [0.5, 0.6) is 5.75 Å². The Morgan fingerprint density at radius 2 is 2.12 bits per heavy atom. The minimum Gasteiger partial charge on any atom is -0.494 e. The van der Waals surface area contributed by atoms with Gasteiger partial charge in [0.1, 0.15) is 5.75 Å². The molecule has 2 atom stereocenters. The monoisotopic (exact) mass is 360 g/mol. The van der Waals surface area contributed by atoms with Crippen LogP contribution in [-0.2, 0) is 4.79 Å². The predicted octanol–water partition coefficient (Wildman–Crippen LogP) is 2.92. The van der Waals surface area contributed by atoms with Gasteiger partial charge in [-0.05, 0) is 43.2 Å². The van der Waals surface area contributed by atoms with E-state index in [-0.39, 0.29) is 24.0 Å². The highest BCUT2D eigenvalue weighted by atomic mass is 16.5. The molecule has 26 heavy (non-hydrogen) atoms. The maximum absolute atomic E-state index is 12.6. The molecule has 0 spiro atoms. The molecule has 2 bridgehead atoms. The molecule has 3 heterocycles. The zero-order valence-corrected chi connectivity index (χ0v) is 16.3. The van der Waals surface area contributed by atoms with E-state index in [0.717, 1.165) is 31.8 Å². The summed E-state index contributed by atoms with van der Waals surface area (Å²) in [6.07, 6.45) is 2.13. The number of piperidine rings is 1. The largest absolute Gasteiger partial charge is 0.494 e. The van der Waals surface area contributed by atoms with Gasteiger partial charge >= 0.3 is 0 Å². The van der Waals surface area contributed by atoms with Gasteiger partial charge in [-0.3, -0.25) is 4.79 Å². The third-order valence-electron chi connectivity index (χ3n) is 5.78. The second kappa shape index (κ2) is 7.87. The van der Waals surface area contributed by atoms with Gasteiger partial charge in [-0.25, -0.2) is 0 Å². The zero-order valence-electron chi connectivity index (χ0n) is 16.3. The van der Waals surface area contributed by atoms with Crippen LogP contribution in [0.4, 0.5) is 5.69 Å². The molecule has 1 unspecified atom stereocenters. The third kappa shape index (κ3) is 3.98. The number of fused-ring (bicyclic) bond motifs is 4. The number of amides is 1. The van der Waals surface area contributed by atoms with Crippen molar-refractivity contribution < 1.29 is 14.6 Å². The minimum atomic E-state index is 0.0777. The van der Waals surface area contributed by atoms with Crippen molar-refractivity contribution in [3.05, 3.63) is 24.3 Å². The summed E-state index contributed by atoms with van der Waals surface area (Å²) in [5.41, 5.74) is 1.33. The highest BCUT2D eigenvalue weighted by Crippen LogP contribution is 2.43. The van der Waals surface area contributed by atoms with Crippen LogP contribution in [0.3, 0.4) is 0 Å². The summed E-state index contributed by atoms with van der Waals surface area (Å²) in [4.78, 5) is 17.1. The van der Waals surface area contributed by atoms with Gasteiger partial charge in [0, 0.05) is 44.4 Å². The van der Waals surface area contributed by atoms with Crippen molar-refractivity contribution in [2.45, 2.75) is 46.1 Å². The van der Waals surface area contributed by atoms with Crippen molar-refractivity contribution >= 4 is 11.6 Å².